The molecular weight excluding hydrogens is 228 g/mol. The first-order chi connectivity index (χ1) is 8.43. The summed E-state index contributed by atoms with van der Waals surface area (Å²) in [4.78, 5) is 15.5. The molecule has 1 atom stereocenters. The van der Waals surface area contributed by atoms with Gasteiger partial charge in [-0.2, -0.15) is 0 Å². The number of nitrogens with one attached hydrogen (secondary N) is 1. The van der Waals surface area contributed by atoms with Crippen LogP contribution in [0.3, 0.4) is 0 Å². The van der Waals surface area contributed by atoms with E-state index in [1.54, 1.807) is 12.1 Å². The van der Waals surface area contributed by atoms with Crippen LogP contribution in [0.4, 0.5) is 5.82 Å². The van der Waals surface area contributed by atoms with Crippen molar-refractivity contribution in [1.82, 2.24) is 4.98 Å². The first-order valence-corrected chi connectivity index (χ1v) is 6.06. The van der Waals surface area contributed by atoms with Gasteiger partial charge < -0.3 is 10.4 Å². The maximum absolute atomic E-state index is 11.1. The SMILES string of the molecule is C=CCC(C)Nc1cc(C(=O)O)cc(C(C)C)n1. The quantitative estimate of drug-likeness (QED) is 0.758. The maximum atomic E-state index is 11.1. The molecule has 2 N–H and O–H groups in total. The highest BCUT2D eigenvalue weighted by Crippen LogP contribution is 2.18. The second-order valence-electron chi connectivity index (χ2n) is 4.70. The van der Waals surface area contributed by atoms with Crippen molar-refractivity contribution in [2.45, 2.75) is 39.2 Å². The van der Waals surface area contributed by atoms with E-state index in [4.69, 9.17) is 5.11 Å². The van der Waals surface area contributed by atoms with Gasteiger partial charge in [-0.15, -0.1) is 6.58 Å². The Kier molecular flexibility index (Phi) is 4.89. The van der Waals surface area contributed by atoms with Gasteiger partial charge in [0.05, 0.1) is 5.56 Å². The predicted octanol–water partition coefficient (Wildman–Crippen LogP) is 3.28. The number of rotatable bonds is 6. The second kappa shape index (κ2) is 6.19. The van der Waals surface area contributed by atoms with E-state index in [2.05, 4.69) is 16.9 Å². The van der Waals surface area contributed by atoms with Crippen LogP contribution in [0.5, 0.6) is 0 Å². The molecule has 1 unspecified atom stereocenters. The second-order valence-corrected chi connectivity index (χ2v) is 4.70. The summed E-state index contributed by atoms with van der Waals surface area (Å²) in [5, 5.41) is 12.3. The van der Waals surface area contributed by atoms with Gasteiger partial charge >= 0.3 is 5.97 Å². The van der Waals surface area contributed by atoms with Gasteiger partial charge in [0.2, 0.25) is 0 Å². The molecule has 4 nitrogen and oxygen atoms in total. The van der Waals surface area contributed by atoms with E-state index in [0.717, 1.165) is 12.1 Å². The monoisotopic (exact) mass is 248 g/mol. The minimum absolute atomic E-state index is 0.180. The summed E-state index contributed by atoms with van der Waals surface area (Å²) in [5.41, 5.74) is 1.05. The zero-order valence-electron chi connectivity index (χ0n) is 11.1. The molecule has 0 radical (unpaired) electrons. The Morgan fingerprint density at radius 2 is 2.17 bits per heavy atom. The number of carboxylic acid groups (broad SMARTS) is 1. The largest absolute Gasteiger partial charge is 0.478 e. The van der Waals surface area contributed by atoms with E-state index in [1.807, 2.05) is 26.8 Å². The summed E-state index contributed by atoms with van der Waals surface area (Å²) < 4.78 is 0. The Labute approximate surface area is 108 Å². The van der Waals surface area contributed by atoms with Crippen molar-refractivity contribution >= 4 is 11.8 Å². The fourth-order valence-corrected chi connectivity index (χ4v) is 1.61. The topological polar surface area (TPSA) is 62.2 Å². The molecule has 0 spiro atoms. The molecule has 98 valence electrons. The lowest BCUT2D eigenvalue weighted by Crippen LogP contribution is -2.16. The Balaban J connectivity index is 3.03. The summed E-state index contributed by atoms with van der Waals surface area (Å²) in [7, 11) is 0. The molecule has 0 saturated carbocycles. The smallest absolute Gasteiger partial charge is 0.335 e. The third-order valence-corrected chi connectivity index (χ3v) is 2.60. The van der Waals surface area contributed by atoms with Crippen LogP contribution >= 0.6 is 0 Å². The highest BCUT2D eigenvalue weighted by atomic mass is 16.4. The molecule has 0 aromatic carbocycles. The average Bonchev–Trinajstić information content (AvgIpc) is 2.28. The van der Waals surface area contributed by atoms with Crippen molar-refractivity contribution < 1.29 is 9.90 Å². The van der Waals surface area contributed by atoms with Gasteiger partial charge in [0.25, 0.3) is 0 Å². The molecule has 0 saturated heterocycles. The van der Waals surface area contributed by atoms with Gasteiger partial charge in [-0.3, -0.25) is 0 Å². The number of aromatic nitrogens is 1. The summed E-state index contributed by atoms with van der Waals surface area (Å²) in [5.74, 6) is -0.133. The van der Waals surface area contributed by atoms with E-state index in [1.165, 1.54) is 0 Å². The van der Waals surface area contributed by atoms with Crippen LogP contribution in [0, 0.1) is 0 Å². The number of carboxylic acids is 1. The summed E-state index contributed by atoms with van der Waals surface area (Å²) in [6, 6.07) is 3.36. The Bertz CT molecular complexity index is 441. The zero-order valence-corrected chi connectivity index (χ0v) is 11.1. The number of carbonyl (C=O) groups is 1. The lowest BCUT2D eigenvalue weighted by Gasteiger charge is -2.15. The van der Waals surface area contributed by atoms with Crippen molar-refractivity contribution in [2.75, 3.05) is 5.32 Å². The van der Waals surface area contributed by atoms with Crippen LogP contribution in [0.2, 0.25) is 0 Å². The first kappa shape index (κ1) is 14.2. The normalized spacial score (nSPS) is 12.2. The van der Waals surface area contributed by atoms with Gasteiger partial charge in [-0.1, -0.05) is 19.9 Å². The molecule has 1 rings (SSSR count). The van der Waals surface area contributed by atoms with Gasteiger partial charge in [-0.25, -0.2) is 9.78 Å². The van der Waals surface area contributed by atoms with Crippen molar-refractivity contribution in [2.24, 2.45) is 0 Å². The van der Waals surface area contributed by atoms with E-state index < -0.39 is 5.97 Å². The third-order valence-electron chi connectivity index (χ3n) is 2.60. The minimum Gasteiger partial charge on any atom is -0.478 e. The van der Waals surface area contributed by atoms with Crippen LogP contribution in [0.15, 0.2) is 24.8 Å². The maximum Gasteiger partial charge on any atom is 0.335 e. The van der Waals surface area contributed by atoms with Gasteiger partial charge in [0, 0.05) is 11.7 Å². The predicted molar refractivity (Wildman–Crippen MR) is 73.2 cm³/mol. The first-order valence-electron chi connectivity index (χ1n) is 6.06. The standard InChI is InChI=1S/C14H20N2O2/c1-5-6-10(4)15-13-8-11(14(17)18)7-12(16-13)9(2)3/h5,7-10H,1,6H2,2-4H3,(H,15,16)(H,17,18). The molecular formula is C14H20N2O2. The molecule has 1 heterocycles. The number of anilines is 1. The number of pyridine rings is 1. The molecule has 0 aliphatic carbocycles. The fourth-order valence-electron chi connectivity index (χ4n) is 1.61. The third kappa shape index (κ3) is 3.87. The van der Waals surface area contributed by atoms with E-state index in [-0.39, 0.29) is 17.5 Å². The highest BCUT2D eigenvalue weighted by Gasteiger charge is 2.11. The zero-order chi connectivity index (χ0) is 13.7. The molecule has 0 aliphatic rings. The van der Waals surface area contributed by atoms with E-state index in [0.29, 0.717) is 5.82 Å². The molecule has 0 fully saturated rings. The number of hydrogen-bond acceptors (Lipinski definition) is 3. The van der Waals surface area contributed by atoms with Gasteiger partial charge in [0.15, 0.2) is 0 Å². The molecule has 0 bridgehead atoms. The average molecular weight is 248 g/mol. The highest BCUT2D eigenvalue weighted by molar-refractivity contribution is 5.88. The van der Waals surface area contributed by atoms with Crippen LogP contribution < -0.4 is 5.32 Å². The Hall–Kier alpha value is -1.84. The molecule has 0 aliphatic heterocycles. The molecule has 1 aromatic rings. The lowest BCUT2D eigenvalue weighted by molar-refractivity contribution is 0.0696. The molecule has 18 heavy (non-hydrogen) atoms. The summed E-state index contributed by atoms with van der Waals surface area (Å²) in [6.07, 6.45) is 2.62. The van der Waals surface area contributed by atoms with Gasteiger partial charge in [-0.05, 0) is 31.4 Å². The number of hydrogen-bond donors (Lipinski definition) is 2. The molecule has 1 aromatic heterocycles. The summed E-state index contributed by atoms with van der Waals surface area (Å²) >= 11 is 0. The molecule has 0 amide bonds. The summed E-state index contributed by atoms with van der Waals surface area (Å²) in [6.45, 7) is 9.67. The Morgan fingerprint density at radius 3 is 2.67 bits per heavy atom. The van der Waals surface area contributed by atoms with Crippen LogP contribution in [-0.2, 0) is 0 Å². The van der Waals surface area contributed by atoms with Crippen LogP contribution in [-0.4, -0.2) is 22.1 Å². The lowest BCUT2D eigenvalue weighted by atomic mass is 10.1. The van der Waals surface area contributed by atoms with Crippen LogP contribution in [0.1, 0.15) is 49.2 Å². The number of aromatic carboxylic acids is 1. The molecule has 4 heteroatoms. The minimum atomic E-state index is -0.932. The van der Waals surface area contributed by atoms with Crippen LogP contribution in [0.25, 0.3) is 0 Å². The van der Waals surface area contributed by atoms with Crippen molar-refractivity contribution in [3.05, 3.63) is 36.0 Å². The van der Waals surface area contributed by atoms with E-state index >= 15 is 0 Å². The van der Waals surface area contributed by atoms with Crippen molar-refractivity contribution in [3.8, 4) is 0 Å². The fraction of sp³-hybridized carbons (Fsp3) is 0.429. The van der Waals surface area contributed by atoms with Crippen molar-refractivity contribution in [1.29, 1.82) is 0 Å². The number of nitrogens with zero attached hydrogens (tertiary/aromatic N) is 1. The van der Waals surface area contributed by atoms with Crippen molar-refractivity contribution in [3.63, 3.8) is 0 Å². The Morgan fingerprint density at radius 1 is 1.50 bits per heavy atom. The van der Waals surface area contributed by atoms with Gasteiger partial charge in [0.1, 0.15) is 5.82 Å². The van der Waals surface area contributed by atoms with E-state index in [9.17, 15) is 4.79 Å².